The number of fused-ring (bicyclic) bond motifs is 1. The number of hydrogen-bond donors (Lipinski definition) is 1. The van der Waals surface area contributed by atoms with Crippen LogP contribution in [0.15, 0.2) is 54.0 Å². The van der Waals surface area contributed by atoms with Gasteiger partial charge in [0.1, 0.15) is 0 Å². The van der Waals surface area contributed by atoms with Crippen LogP contribution in [0.3, 0.4) is 0 Å². The Kier molecular flexibility index (Phi) is 4.70. The molecule has 0 fully saturated rings. The molecule has 2 aromatic rings. The number of hydrazine groups is 1. The first-order valence-corrected chi connectivity index (χ1v) is 7.79. The van der Waals surface area contributed by atoms with Gasteiger partial charge in [-0.05, 0) is 18.6 Å². The van der Waals surface area contributed by atoms with Crippen molar-refractivity contribution < 1.29 is 9.47 Å². The minimum atomic E-state index is 0.654. The third-order valence-electron chi connectivity index (χ3n) is 3.87. The van der Waals surface area contributed by atoms with Crippen LogP contribution in [-0.4, -0.2) is 27.0 Å². The molecule has 1 N–H and O–H groups in total. The van der Waals surface area contributed by atoms with E-state index in [-0.39, 0.29) is 0 Å². The number of rotatable bonds is 6. The molecule has 2 aromatic carbocycles. The van der Waals surface area contributed by atoms with Gasteiger partial charge >= 0.3 is 0 Å². The molecule has 0 saturated heterocycles. The van der Waals surface area contributed by atoms with Gasteiger partial charge in [-0.3, -0.25) is 15.4 Å². The van der Waals surface area contributed by atoms with E-state index in [4.69, 9.17) is 9.47 Å². The molecule has 0 spiro atoms. The van der Waals surface area contributed by atoms with Crippen molar-refractivity contribution in [1.29, 1.82) is 0 Å². The molecule has 0 bridgehead atoms. The monoisotopic (exact) mass is 323 g/mol. The smallest absolute Gasteiger partial charge is 0.166 e. The number of nitrogens with zero attached hydrogens (tertiary/aromatic N) is 2. The first-order valence-electron chi connectivity index (χ1n) is 7.79. The number of methoxy groups -OCH3 is 2. The molecule has 0 aromatic heterocycles. The van der Waals surface area contributed by atoms with E-state index in [1.165, 1.54) is 0 Å². The van der Waals surface area contributed by atoms with Crippen LogP contribution in [0.5, 0.6) is 11.5 Å². The fourth-order valence-corrected chi connectivity index (χ4v) is 2.86. The van der Waals surface area contributed by atoms with Crippen LogP contribution in [-0.2, 0) is 6.42 Å². The lowest BCUT2D eigenvalue weighted by molar-refractivity contribution is 0.352. The summed E-state index contributed by atoms with van der Waals surface area (Å²) in [5.41, 5.74) is 7.28. The van der Waals surface area contributed by atoms with Crippen molar-refractivity contribution in [3.63, 3.8) is 0 Å². The molecule has 0 unspecified atom stereocenters. The fourth-order valence-electron chi connectivity index (χ4n) is 2.86. The fraction of sp³-hybridized carbons (Fsp3) is 0.211. The number of allylic oxidation sites excluding steroid dienone is 1. The summed E-state index contributed by atoms with van der Waals surface area (Å²) >= 11 is 0. The molecule has 0 amide bonds. The molecule has 124 valence electrons. The van der Waals surface area contributed by atoms with Crippen LogP contribution in [0, 0.1) is 0 Å². The Balaban J connectivity index is 2.10. The van der Waals surface area contributed by atoms with Gasteiger partial charge in [0.15, 0.2) is 11.5 Å². The second-order valence-electron chi connectivity index (χ2n) is 5.35. The molecular weight excluding hydrogens is 302 g/mol. The summed E-state index contributed by atoms with van der Waals surface area (Å²) < 4.78 is 11.1. The van der Waals surface area contributed by atoms with Gasteiger partial charge in [0.2, 0.25) is 0 Å². The number of hydrogen-bond acceptors (Lipinski definition) is 5. The molecule has 5 nitrogen and oxygen atoms in total. The molecule has 3 rings (SSSR count). The Bertz CT molecular complexity index is 757. The van der Waals surface area contributed by atoms with Crippen LogP contribution in [0.1, 0.15) is 5.56 Å². The highest BCUT2D eigenvalue weighted by Gasteiger charge is 2.24. The van der Waals surface area contributed by atoms with Crippen LogP contribution >= 0.6 is 0 Å². The summed E-state index contributed by atoms with van der Waals surface area (Å²) in [6.45, 7) is 4.53. The van der Waals surface area contributed by atoms with E-state index >= 15 is 0 Å². The Labute approximate surface area is 142 Å². The van der Waals surface area contributed by atoms with Gasteiger partial charge in [-0.2, -0.15) is 0 Å². The molecule has 0 radical (unpaired) electrons. The summed E-state index contributed by atoms with van der Waals surface area (Å²) in [5, 5.41) is 2.07. The topological polar surface area (TPSA) is 46.1 Å². The largest absolute Gasteiger partial charge is 0.493 e. The average molecular weight is 323 g/mol. The van der Waals surface area contributed by atoms with Crippen molar-refractivity contribution in [3.05, 3.63) is 54.6 Å². The van der Waals surface area contributed by atoms with E-state index in [0.717, 1.165) is 22.6 Å². The summed E-state index contributed by atoms with van der Waals surface area (Å²) in [5.74, 6) is 1.39. The molecule has 0 aliphatic carbocycles. The lowest BCUT2D eigenvalue weighted by atomic mass is 10.0. The number of benzene rings is 2. The van der Waals surface area contributed by atoms with Crippen LogP contribution in [0.2, 0.25) is 0 Å². The summed E-state index contributed by atoms with van der Waals surface area (Å²) in [6, 6.07) is 11.9. The SMILES string of the molecule is C=CCc1c(OC)c(OC)cc2c1N(Nc1ccccc1)CC=N2. The zero-order valence-electron chi connectivity index (χ0n) is 14.0. The van der Waals surface area contributed by atoms with Gasteiger partial charge < -0.3 is 9.47 Å². The lowest BCUT2D eigenvalue weighted by Crippen LogP contribution is -2.34. The maximum Gasteiger partial charge on any atom is 0.166 e. The average Bonchev–Trinajstić information content (AvgIpc) is 2.62. The molecule has 0 atom stereocenters. The van der Waals surface area contributed by atoms with Gasteiger partial charge in [0.25, 0.3) is 0 Å². The Hall–Kier alpha value is -2.95. The highest BCUT2D eigenvalue weighted by Crippen LogP contribution is 2.46. The van der Waals surface area contributed by atoms with Crippen molar-refractivity contribution in [2.45, 2.75) is 6.42 Å². The minimum absolute atomic E-state index is 0.654. The summed E-state index contributed by atoms with van der Waals surface area (Å²) in [4.78, 5) is 4.54. The normalized spacial score (nSPS) is 12.5. The van der Waals surface area contributed by atoms with Crippen molar-refractivity contribution in [2.24, 2.45) is 4.99 Å². The standard InChI is InChI=1S/C19H21N3O2/c1-4-8-15-18-16(13-17(23-2)19(15)24-3)20-11-12-22(18)21-14-9-6-5-7-10-14/h4-7,9-11,13,21H,1,8,12H2,2-3H3. The predicted octanol–water partition coefficient (Wildman–Crippen LogP) is 3.98. The van der Waals surface area contributed by atoms with E-state index in [9.17, 15) is 0 Å². The van der Waals surface area contributed by atoms with Crippen molar-refractivity contribution in [1.82, 2.24) is 0 Å². The maximum absolute atomic E-state index is 5.61. The molecule has 0 saturated carbocycles. The Morgan fingerprint density at radius 3 is 2.71 bits per heavy atom. The van der Waals surface area contributed by atoms with Gasteiger partial charge in [-0.1, -0.05) is 24.3 Å². The van der Waals surface area contributed by atoms with Gasteiger partial charge in [-0.25, -0.2) is 0 Å². The third kappa shape index (κ3) is 2.93. The lowest BCUT2D eigenvalue weighted by Gasteiger charge is -2.32. The Morgan fingerprint density at radius 1 is 1.25 bits per heavy atom. The third-order valence-corrected chi connectivity index (χ3v) is 3.87. The zero-order chi connectivity index (χ0) is 16.9. The predicted molar refractivity (Wildman–Crippen MR) is 99.0 cm³/mol. The molecule has 1 aliphatic rings. The zero-order valence-corrected chi connectivity index (χ0v) is 14.0. The van der Waals surface area contributed by atoms with Crippen LogP contribution in [0.4, 0.5) is 17.1 Å². The van der Waals surface area contributed by atoms with Crippen LogP contribution < -0.4 is 19.9 Å². The number of para-hydroxylation sites is 1. The first kappa shape index (κ1) is 15.9. The highest BCUT2D eigenvalue weighted by atomic mass is 16.5. The molecular formula is C19H21N3O2. The van der Waals surface area contributed by atoms with E-state index in [0.29, 0.717) is 24.5 Å². The van der Waals surface area contributed by atoms with Gasteiger partial charge in [0, 0.05) is 17.8 Å². The summed E-state index contributed by atoms with van der Waals surface area (Å²) in [7, 11) is 3.28. The molecule has 1 heterocycles. The number of nitrogens with one attached hydrogen (secondary N) is 1. The van der Waals surface area contributed by atoms with Crippen molar-refractivity contribution in [3.8, 4) is 11.5 Å². The van der Waals surface area contributed by atoms with Crippen molar-refractivity contribution >= 4 is 23.3 Å². The van der Waals surface area contributed by atoms with Crippen molar-refractivity contribution in [2.75, 3.05) is 31.2 Å². The van der Waals surface area contributed by atoms with E-state index in [1.54, 1.807) is 14.2 Å². The van der Waals surface area contributed by atoms with E-state index in [1.807, 2.05) is 48.7 Å². The number of ether oxygens (including phenoxy) is 2. The number of aliphatic imine (C=N–C) groups is 1. The van der Waals surface area contributed by atoms with Gasteiger partial charge in [-0.15, -0.1) is 6.58 Å². The van der Waals surface area contributed by atoms with Gasteiger partial charge in [0.05, 0.1) is 37.8 Å². The maximum atomic E-state index is 5.61. The number of anilines is 2. The molecule has 5 heteroatoms. The molecule has 24 heavy (non-hydrogen) atoms. The first-order chi connectivity index (χ1) is 11.8. The second-order valence-corrected chi connectivity index (χ2v) is 5.35. The highest BCUT2D eigenvalue weighted by molar-refractivity contribution is 5.88. The molecule has 1 aliphatic heterocycles. The van der Waals surface area contributed by atoms with Crippen LogP contribution in [0.25, 0.3) is 0 Å². The minimum Gasteiger partial charge on any atom is -0.493 e. The quantitative estimate of drug-likeness (QED) is 0.817. The second kappa shape index (κ2) is 7.08. The van der Waals surface area contributed by atoms with E-state index in [2.05, 4.69) is 22.0 Å². The summed E-state index contributed by atoms with van der Waals surface area (Å²) in [6.07, 6.45) is 4.39. The Morgan fingerprint density at radius 2 is 2.04 bits per heavy atom. The van der Waals surface area contributed by atoms with E-state index < -0.39 is 0 Å².